The van der Waals surface area contributed by atoms with Crippen molar-refractivity contribution in [3.8, 4) is 17.2 Å². The number of aromatic nitrogens is 2. The van der Waals surface area contributed by atoms with Gasteiger partial charge in [-0.25, -0.2) is 13.1 Å². The van der Waals surface area contributed by atoms with Crippen LogP contribution in [0.5, 0.6) is 11.5 Å². The average molecular weight is 407 g/mol. The van der Waals surface area contributed by atoms with Crippen LogP contribution >= 0.6 is 0 Å². The van der Waals surface area contributed by atoms with E-state index in [1.54, 1.807) is 4.68 Å². The lowest BCUT2D eigenvalue weighted by Crippen LogP contribution is -2.45. The van der Waals surface area contributed by atoms with Crippen LogP contribution in [0.3, 0.4) is 0 Å². The Labute approximate surface area is 165 Å². The fourth-order valence-electron chi connectivity index (χ4n) is 3.73. The molecule has 1 N–H and O–H groups in total. The van der Waals surface area contributed by atoms with Crippen molar-refractivity contribution in [3.05, 3.63) is 36.7 Å². The third kappa shape index (κ3) is 4.17. The van der Waals surface area contributed by atoms with Crippen LogP contribution in [-0.2, 0) is 14.6 Å². The molecule has 2 fully saturated rings. The summed E-state index contributed by atoms with van der Waals surface area (Å²) in [5.41, 5.74) is 0.487. The lowest BCUT2D eigenvalue weighted by molar-refractivity contribution is -0.0391. The second-order valence-corrected chi connectivity index (χ2v) is 10.4. The minimum atomic E-state index is -3.04. The molecule has 1 aliphatic carbocycles. The van der Waals surface area contributed by atoms with Gasteiger partial charge in [-0.2, -0.15) is 5.10 Å². The average Bonchev–Trinajstić information content (AvgIpc) is 3.44. The van der Waals surface area contributed by atoms with Gasteiger partial charge in [0.05, 0.1) is 42.3 Å². The van der Waals surface area contributed by atoms with E-state index < -0.39 is 9.84 Å². The molecule has 0 amide bonds. The fourth-order valence-corrected chi connectivity index (χ4v) is 6.12. The van der Waals surface area contributed by atoms with Crippen LogP contribution in [0.1, 0.15) is 26.2 Å². The molecule has 7 nitrogen and oxygen atoms in total. The number of nitrogens with zero attached hydrogens (tertiary/aromatic N) is 2. The van der Waals surface area contributed by atoms with E-state index in [0.717, 1.165) is 24.9 Å². The van der Waals surface area contributed by atoms with Gasteiger partial charge in [0.2, 0.25) is 0 Å². The third-order valence-corrected chi connectivity index (χ3v) is 8.36. The molecule has 2 aliphatic rings. The SMILES string of the molecule is C[C@@]1(CS(=O)(=O)C2CC2)CCOC[C@@H]1COc1ccc(-n2cc(O)cn2)cc1. The summed E-state index contributed by atoms with van der Waals surface area (Å²) >= 11 is 0. The first-order valence-electron chi connectivity index (χ1n) is 9.62. The molecule has 0 radical (unpaired) electrons. The summed E-state index contributed by atoms with van der Waals surface area (Å²) in [5.74, 6) is 1.05. The van der Waals surface area contributed by atoms with Crippen molar-refractivity contribution in [2.24, 2.45) is 11.3 Å². The molecule has 1 saturated heterocycles. The van der Waals surface area contributed by atoms with Crippen LogP contribution in [0.4, 0.5) is 0 Å². The lowest BCUT2D eigenvalue weighted by atomic mass is 9.75. The number of benzene rings is 1. The number of aromatic hydroxyl groups is 1. The summed E-state index contributed by atoms with van der Waals surface area (Å²) in [7, 11) is -3.04. The number of hydrogen-bond donors (Lipinski definition) is 1. The standard InChI is InChI=1S/C20H26N2O5S/c1-20(14-28(24,25)19-6-7-19)8-9-26-12-15(20)13-27-18-4-2-16(3-5-18)22-11-17(23)10-21-22/h2-5,10-11,15,19,23H,6-9,12-14H2,1H3/t15-,20+/m1/s1. The Kier molecular flexibility index (Phi) is 5.09. The molecule has 2 atom stereocenters. The highest BCUT2D eigenvalue weighted by molar-refractivity contribution is 7.92. The summed E-state index contributed by atoms with van der Waals surface area (Å²) < 4.78 is 38.3. The Balaban J connectivity index is 1.41. The van der Waals surface area contributed by atoms with Crippen LogP contribution in [0.2, 0.25) is 0 Å². The highest BCUT2D eigenvalue weighted by Gasteiger charge is 2.45. The van der Waals surface area contributed by atoms with Crippen molar-refractivity contribution in [2.45, 2.75) is 31.4 Å². The molecule has 2 aromatic rings. The predicted molar refractivity (Wildman–Crippen MR) is 105 cm³/mol. The zero-order valence-electron chi connectivity index (χ0n) is 16.0. The van der Waals surface area contributed by atoms with E-state index in [1.807, 2.05) is 24.3 Å². The maximum Gasteiger partial charge on any atom is 0.153 e. The normalized spacial score (nSPS) is 25.5. The second kappa shape index (κ2) is 7.40. The fraction of sp³-hybridized carbons (Fsp3) is 0.550. The zero-order chi connectivity index (χ0) is 19.8. The maximum atomic E-state index is 12.6. The highest BCUT2D eigenvalue weighted by atomic mass is 32.2. The van der Waals surface area contributed by atoms with Crippen molar-refractivity contribution in [2.75, 3.05) is 25.6 Å². The summed E-state index contributed by atoms with van der Waals surface area (Å²) in [5, 5.41) is 13.3. The van der Waals surface area contributed by atoms with E-state index in [4.69, 9.17) is 9.47 Å². The van der Waals surface area contributed by atoms with Crippen LogP contribution in [0, 0.1) is 11.3 Å². The second-order valence-electron chi connectivity index (χ2n) is 8.13. The Bertz CT molecular complexity index is 920. The van der Waals surface area contributed by atoms with Crippen LogP contribution in [0.25, 0.3) is 5.69 Å². The largest absolute Gasteiger partial charge is 0.505 e. The van der Waals surface area contributed by atoms with Crippen molar-refractivity contribution in [1.82, 2.24) is 9.78 Å². The Morgan fingerprint density at radius 3 is 2.71 bits per heavy atom. The number of ether oxygens (including phenoxy) is 2. The Morgan fingerprint density at radius 2 is 2.07 bits per heavy atom. The minimum Gasteiger partial charge on any atom is -0.505 e. The van der Waals surface area contributed by atoms with Crippen LogP contribution in [-0.4, -0.2) is 54.1 Å². The van der Waals surface area contributed by atoms with Gasteiger partial charge >= 0.3 is 0 Å². The topological polar surface area (TPSA) is 90.7 Å². The van der Waals surface area contributed by atoms with Gasteiger partial charge in [-0.3, -0.25) is 0 Å². The molecule has 4 rings (SSSR count). The summed E-state index contributed by atoms with van der Waals surface area (Å²) in [6.45, 7) is 3.58. The first kappa shape index (κ1) is 19.3. The van der Waals surface area contributed by atoms with Gasteiger partial charge in [0.25, 0.3) is 0 Å². The number of sulfone groups is 1. The molecule has 1 aromatic carbocycles. The predicted octanol–water partition coefficient (Wildman–Crippen LogP) is 2.58. The van der Waals surface area contributed by atoms with Crippen molar-refractivity contribution in [3.63, 3.8) is 0 Å². The molecule has 152 valence electrons. The van der Waals surface area contributed by atoms with Crippen LogP contribution < -0.4 is 4.74 Å². The molecule has 2 heterocycles. The summed E-state index contributed by atoms with van der Waals surface area (Å²) in [6.07, 6.45) is 5.24. The first-order chi connectivity index (χ1) is 13.4. The van der Waals surface area contributed by atoms with Gasteiger partial charge in [0.15, 0.2) is 15.6 Å². The van der Waals surface area contributed by atoms with E-state index in [9.17, 15) is 13.5 Å². The van der Waals surface area contributed by atoms with Crippen molar-refractivity contribution >= 4 is 9.84 Å². The summed E-state index contributed by atoms with van der Waals surface area (Å²) in [4.78, 5) is 0. The number of hydrogen-bond acceptors (Lipinski definition) is 6. The van der Waals surface area contributed by atoms with E-state index in [0.29, 0.717) is 25.6 Å². The van der Waals surface area contributed by atoms with Gasteiger partial charge in [0.1, 0.15) is 5.75 Å². The van der Waals surface area contributed by atoms with Crippen molar-refractivity contribution in [1.29, 1.82) is 0 Å². The van der Waals surface area contributed by atoms with E-state index in [-0.39, 0.29) is 28.1 Å². The molecule has 0 spiro atoms. The molecule has 8 heteroatoms. The van der Waals surface area contributed by atoms with E-state index >= 15 is 0 Å². The first-order valence-corrected chi connectivity index (χ1v) is 11.3. The maximum absolute atomic E-state index is 12.6. The molecule has 1 aliphatic heterocycles. The Morgan fingerprint density at radius 1 is 1.32 bits per heavy atom. The molecule has 1 saturated carbocycles. The van der Waals surface area contributed by atoms with Gasteiger partial charge in [0, 0.05) is 12.5 Å². The van der Waals surface area contributed by atoms with Crippen LogP contribution in [0.15, 0.2) is 36.7 Å². The number of rotatable bonds is 7. The lowest BCUT2D eigenvalue weighted by Gasteiger charge is -2.40. The highest BCUT2D eigenvalue weighted by Crippen LogP contribution is 2.41. The third-order valence-electron chi connectivity index (χ3n) is 5.81. The van der Waals surface area contributed by atoms with E-state index in [2.05, 4.69) is 12.0 Å². The zero-order valence-corrected chi connectivity index (χ0v) is 16.8. The smallest absolute Gasteiger partial charge is 0.153 e. The summed E-state index contributed by atoms with van der Waals surface area (Å²) in [6, 6.07) is 7.40. The quantitative estimate of drug-likeness (QED) is 0.760. The molecular weight excluding hydrogens is 380 g/mol. The Hall–Kier alpha value is -2.06. The molecule has 28 heavy (non-hydrogen) atoms. The monoisotopic (exact) mass is 406 g/mol. The molecule has 0 bridgehead atoms. The minimum absolute atomic E-state index is 0.0255. The molecule has 1 aromatic heterocycles. The van der Waals surface area contributed by atoms with Gasteiger partial charge < -0.3 is 14.6 Å². The van der Waals surface area contributed by atoms with Gasteiger partial charge in [-0.1, -0.05) is 6.92 Å². The van der Waals surface area contributed by atoms with Crippen molar-refractivity contribution < 1.29 is 23.0 Å². The molecular formula is C20H26N2O5S. The van der Waals surface area contributed by atoms with Gasteiger partial charge in [-0.05, 0) is 48.9 Å². The molecule has 0 unspecified atom stereocenters. The van der Waals surface area contributed by atoms with E-state index in [1.165, 1.54) is 12.4 Å². The van der Waals surface area contributed by atoms with Gasteiger partial charge in [-0.15, -0.1) is 0 Å².